The van der Waals surface area contributed by atoms with Crippen molar-refractivity contribution in [2.45, 2.75) is 6.55 Å². The van der Waals surface area contributed by atoms with Gasteiger partial charge in [-0.05, 0) is 6.55 Å². The van der Waals surface area contributed by atoms with E-state index in [1.54, 1.807) is 0 Å². The second-order valence-corrected chi connectivity index (χ2v) is 26.2. The molecule has 0 unspecified atom stereocenters. The third-order valence-electron chi connectivity index (χ3n) is 0. The molecule has 32 valence electrons. The highest BCUT2D eigenvalue weighted by molar-refractivity contribution is 9.71. The van der Waals surface area contributed by atoms with E-state index in [1.807, 2.05) is 0 Å². The van der Waals surface area contributed by atoms with Crippen molar-refractivity contribution in [1.82, 2.24) is 0 Å². The zero-order valence-corrected chi connectivity index (χ0v) is 8.39. The molecule has 0 aromatic heterocycles. The lowest BCUT2D eigenvalue weighted by atomic mass is 11.9. The van der Waals surface area contributed by atoms with E-state index in [9.17, 15) is 0 Å². The van der Waals surface area contributed by atoms with Gasteiger partial charge in [0.05, 0.1) is 0 Å². The summed E-state index contributed by atoms with van der Waals surface area (Å²) in [5.41, 5.74) is 0. The zero-order valence-electron chi connectivity index (χ0n) is 2.63. The molecule has 0 aliphatic rings. The van der Waals surface area contributed by atoms with Crippen LogP contribution in [0.4, 0.5) is 0 Å². The Morgan fingerprint density at radius 2 is 1.20 bits per heavy atom. The van der Waals surface area contributed by atoms with E-state index >= 15 is 0 Å². The van der Waals surface area contributed by atoms with E-state index in [4.69, 9.17) is 0 Å². The molecule has 0 aliphatic heterocycles. The second kappa shape index (κ2) is 2.09. The summed E-state index contributed by atoms with van der Waals surface area (Å²) >= 11 is 10.0. The molecular formula is CH3Br3Si. The first-order valence-electron chi connectivity index (χ1n) is 1.07. The number of halogens is 3. The van der Waals surface area contributed by atoms with Crippen LogP contribution >= 0.6 is 45.9 Å². The minimum atomic E-state index is -1.17. The maximum atomic E-state index is 3.35. The van der Waals surface area contributed by atoms with Crippen molar-refractivity contribution in [3.63, 3.8) is 0 Å². The minimum Gasteiger partial charge on any atom is -0.0967 e. The summed E-state index contributed by atoms with van der Waals surface area (Å²) in [6.07, 6.45) is 0. The molecule has 0 N–H and O–H groups in total. The first kappa shape index (κ1) is 6.66. The third kappa shape index (κ3) is 27.6. The fourth-order valence-corrected chi connectivity index (χ4v) is 0. The van der Waals surface area contributed by atoms with Crippen LogP contribution in [0.2, 0.25) is 6.55 Å². The molecule has 0 spiro atoms. The monoisotopic (exact) mass is 280 g/mol. The van der Waals surface area contributed by atoms with Gasteiger partial charge in [0.1, 0.15) is 0 Å². The van der Waals surface area contributed by atoms with Crippen LogP contribution in [0, 0.1) is 0 Å². The maximum Gasteiger partial charge on any atom is 0.264 e. The third-order valence-corrected chi connectivity index (χ3v) is 0. The fourth-order valence-electron chi connectivity index (χ4n) is 0. The summed E-state index contributed by atoms with van der Waals surface area (Å²) in [4.78, 5) is 0. The van der Waals surface area contributed by atoms with Gasteiger partial charge in [-0.2, -0.15) is 0 Å². The number of rotatable bonds is 0. The van der Waals surface area contributed by atoms with Crippen LogP contribution in [0.5, 0.6) is 0 Å². The molecule has 0 saturated heterocycles. The summed E-state index contributed by atoms with van der Waals surface area (Å²) in [5, 5.41) is 0. The molecule has 0 atom stereocenters. The van der Waals surface area contributed by atoms with Crippen LogP contribution in [-0.4, -0.2) is 3.93 Å². The van der Waals surface area contributed by atoms with Crippen LogP contribution in [0.25, 0.3) is 0 Å². The highest BCUT2D eigenvalue weighted by Gasteiger charge is 2.10. The minimum absolute atomic E-state index is 1.17. The number of hydrogen-bond acceptors (Lipinski definition) is 0. The zero-order chi connectivity index (χ0) is 4.50. The SMILES string of the molecule is C[Si](Br)(Br)Br. The van der Waals surface area contributed by atoms with Gasteiger partial charge in [-0.1, -0.05) is 45.9 Å². The van der Waals surface area contributed by atoms with Gasteiger partial charge >= 0.3 is 0 Å². The normalized spacial score (nSPS) is 12.0. The average Bonchev–Trinajstić information content (AvgIpc) is 0.722. The van der Waals surface area contributed by atoms with Gasteiger partial charge in [-0.25, -0.2) is 0 Å². The first-order chi connectivity index (χ1) is 2.00. The molecule has 0 aromatic rings. The molecule has 5 heavy (non-hydrogen) atoms. The summed E-state index contributed by atoms with van der Waals surface area (Å²) in [6, 6.07) is 0. The molecule has 0 aliphatic carbocycles. The van der Waals surface area contributed by atoms with Gasteiger partial charge in [0.15, 0.2) is 0 Å². The van der Waals surface area contributed by atoms with Gasteiger partial charge in [-0.15, -0.1) is 0 Å². The predicted molar refractivity (Wildman–Crippen MR) is 38.4 cm³/mol. The van der Waals surface area contributed by atoms with Crippen molar-refractivity contribution in [1.29, 1.82) is 0 Å². The average molecular weight is 283 g/mol. The first-order valence-corrected chi connectivity index (χ1v) is 10.3. The highest BCUT2D eigenvalue weighted by atomic mass is 80.0. The molecule has 4 heteroatoms. The van der Waals surface area contributed by atoms with E-state index in [0.29, 0.717) is 0 Å². The van der Waals surface area contributed by atoms with E-state index < -0.39 is 3.93 Å². The van der Waals surface area contributed by atoms with Crippen LogP contribution in [-0.2, 0) is 0 Å². The smallest absolute Gasteiger partial charge is 0.0967 e. The Bertz CT molecular complexity index is 22.4. The lowest BCUT2D eigenvalue weighted by molar-refractivity contribution is 2.35. The molecule has 0 fully saturated rings. The Balaban J connectivity index is 3.02. The van der Waals surface area contributed by atoms with E-state index in [0.717, 1.165) is 0 Å². The van der Waals surface area contributed by atoms with Gasteiger partial charge in [-0.3, -0.25) is 0 Å². The molecule has 0 amide bonds. The fraction of sp³-hybridized carbons (Fsp3) is 1.00. The van der Waals surface area contributed by atoms with Gasteiger partial charge in [0.2, 0.25) is 0 Å². The van der Waals surface area contributed by atoms with Crippen molar-refractivity contribution in [2.75, 3.05) is 0 Å². The van der Waals surface area contributed by atoms with E-state index in [2.05, 4.69) is 52.4 Å². The lowest BCUT2D eigenvalue weighted by Crippen LogP contribution is -1.93. The van der Waals surface area contributed by atoms with Crippen molar-refractivity contribution in [3.8, 4) is 0 Å². The highest BCUT2D eigenvalue weighted by Crippen LogP contribution is 2.25. The molecule has 0 saturated carbocycles. The second-order valence-electron chi connectivity index (χ2n) is 0.781. The summed E-state index contributed by atoms with van der Waals surface area (Å²) in [7, 11) is 0. The quantitative estimate of drug-likeness (QED) is 0.473. The van der Waals surface area contributed by atoms with E-state index in [1.165, 1.54) is 0 Å². The Labute approximate surface area is 56.1 Å². The largest absolute Gasteiger partial charge is 0.264 e. The topological polar surface area (TPSA) is 0 Å². The Morgan fingerprint density at radius 3 is 1.20 bits per heavy atom. The van der Waals surface area contributed by atoms with Crippen LogP contribution in [0.3, 0.4) is 0 Å². The molecule has 0 aromatic carbocycles. The van der Waals surface area contributed by atoms with Crippen LogP contribution in [0.15, 0.2) is 0 Å². The molecule has 0 heterocycles. The molecule has 0 rings (SSSR count). The van der Waals surface area contributed by atoms with Crippen molar-refractivity contribution in [2.24, 2.45) is 0 Å². The summed E-state index contributed by atoms with van der Waals surface area (Å²) < 4.78 is -1.17. The lowest BCUT2D eigenvalue weighted by Gasteiger charge is -1.92. The molecule has 0 nitrogen and oxygen atoms in total. The Kier molecular flexibility index (Phi) is 2.79. The molecule has 0 radical (unpaired) electrons. The summed E-state index contributed by atoms with van der Waals surface area (Å²) in [5.74, 6) is 0. The summed E-state index contributed by atoms with van der Waals surface area (Å²) in [6.45, 7) is 2.08. The maximum absolute atomic E-state index is 3.35. The Morgan fingerprint density at radius 1 is 1.20 bits per heavy atom. The van der Waals surface area contributed by atoms with Crippen molar-refractivity contribution < 1.29 is 0 Å². The van der Waals surface area contributed by atoms with Crippen LogP contribution in [0.1, 0.15) is 0 Å². The number of hydrogen-bond donors (Lipinski definition) is 0. The molecule has 0 bridgehead atoms. The van der Waals surface area contributed by atoms with E-state index in [-0.39, 0.29) is 0 Å². The van der Waals surface area contributed by atoms with Gasteiger partial charge < -0.3 is 0 Å². The van der Waals surface area contributed by atoms with Crippen molar-refractivity contribution in [3.05, 3.63) is 0 Å². The van der Waals surface area contributed by atoms with Gasteiger partial charge in [0.25, 0.3) is 3.93 Å². The van der Waals surface area contributed by atoms with Crippen LogP contribution < -0.4 is 0 Å². The Hall–Kier alpha value is 1.66. The van der Waals surface area contributed by atoms with Gasteiger partial charge in [0, 0.05) is 0 Å². The standard InChI is InChI=1S/CH3Br3Si/c1-5(2,3)4/h1H3. The molecular weight excluding hydrogens is 280 g/mol. The predicted octanol–water partition coefficient (Wildman–Crippen LogP) is 2.74. The van der Waals surface area contributed by atoms with Crippen molar-refractivity contribution >= 4 is 49.8 Å².